The van der Waals surface area contributed by atoms with E-state index in [0.29, 0.717) is 18.2 Å². The first-order valence-corrected chi connectivity index (χ1v) is 6.37. The molecule has 21 heavy (non-hydrogen) atoms. The molecule has 0 N–H and O–H groups in total. The Labute approximate surface area is 120 Å². The van der Waals surface area contributed by atoms with Crippen molar-refractivity contribution in [3.05, 3.63) is 42.3 Å². The number of hydrogen-bond donors (Lipinski definition) is 0. The summed E-state index contributed by atoms with van der Waals surface area (Å²) in [6.07, 6.45) is 1.44. The molecule has 3 rings (SSSR count). The van der Waals surface area contributed by atoms with Gasteiger partial charge >= 0.3 is 5.95 Å². The Balaban J connectivity index is 1.95. The lowest BCUT2D eigenvalue weighted by atomic mass is 10.2. The Morgan fingerprint density at radius 1 is 1.19 bits per heavy atom. The molecular formula is C15H11N3O3. The van der Waals surface area contributed by atoms with Gasteiger partial charge in [-0.05, 0) is 19.1 Å². The molecule has 3 aromatic rings. The molecule has 0 fully saturated rings. The van der Waals surface area contributed by atoms with Gasteiger partial charge in [-0.25, -0.2) is 4.98 Å². The third-order valence-electron chi connectivity index (χ3n) is 2.72. The van der Waals surface area contributed by atoms with Crippen molar-refractivity contribution in [3.63, 3.8) is 0 Å². The average molecular weight is 281 g/mol. The average Bonchev–Trinajstić information content (AvgIpc) is 3.15. The van der Waals surface area contributed by atoms with Gasteiger partial charge in [0.2, 0.25) is 11.6 Å². The summed E-state index contributed by atoms with van der Waals surface area (Å²) in [6, 6.07) is 11.4. The highest BCUT2D eigenvalue weighted by atomic mass is 16.6. The van der Waals surface area contributed by atoms with Crippen molar-refractivity contribution in [1.82, 2.24) is 9.97 Å². The van der Waals surface area contributed by atoms with Gasteiger partial charge in [-0.2, -0.15) is 10.2 Å². The number of aromatic nitrogens is 2. The molecule has 0 saturated heterocycles. The first kappa shape index (κ1) is 12.9. The van der Waals surface area contributed by atoms with Crippen LogP contribution in [0.4, 0.5) is 0 Å². The summed E-state index contributed by atoms with van der Waals surface area (Å²) in [5.74, 6) is 0.750. The Kier molecular flexibility index (Phi) is 3.39. The molecule has 2 aromatic heterocycles. The molecule has 0 radical (unpaired) electrons. The van der Waals surface area contributed by atoms with Gasteiger partial charge in [0, 0.05) is 5.56 Å². The fourth-order valence-corrected chi connectivity index (χ4v) is 1.80. The predicted molar refractivity (Wildman–Crippen MR) is 73.3 cm³/mol. The highest BCUT2D eigenvalue weighted by Gasteiger charge is 2.18. The number of hydrogen-bond acceptors (Lipinski definition) is 6. The lowest BCUT2D eigenvalue weighted by Crippen LogP contribution is -1.91. The largest absolute Gasteiger partial charge is 0.463 e. The summed E-state index contributed by atoms with van der Waals surface area (Å²) in [6.45, 7) is 2.18. The van der Waals surface area contributed by atoms with Crippen molar-refractivity contribution in [3.8, 4) is 35.1 Å². The van der Waals surface area contributed by atoms with E-state index in [2.05, 4.69) is 9.97 Å². The maximum Gasteiger partial charge on any atom is 0.324 e. The summed E-state index contributed by atoms with van der Waals surface area (Å²) in [7, 11) is 0. The van der Waals surface area contributed by atoms with E-state index in [1.165, 1.54) is 6.26 Å². The van der Waals surface area contributed by atoms with E-state index in [1.54, 1.807) is 6.92 Å². The molecule has 0 unspecified atom stereocenters. The first-order valence-electron chi connectivity index (χ1n) is 6.37. The topological polar surface area (TPSA) is 85.1 Å². The van der Waals surface area contributed by atoms with Crippen molar-refractivity contribution >= 4 is 0 Å². The fourth-order valence-electron chi connectivity index (χ4n) is 1.80. The van der Waals surface area contributed by atoms with Crippen LogP contribution < -0.4 is 4.74 Å². The Morgan fingerprint density at radius 2 is 2.00 bits per heavy atom. The van der Waals surface area contributed by atoms with Gasteiger partial charge in [-0.3, -0.25) is 0 Å². The molecule has 6 heteroatoms. The number of ether oxygens (including phenoxy) is 1. The van der Waals surface area contributed by atoms with Crippen molar-refractivity contribution in [1.29, 1.82) is 5.26 Å². The molecule has 1 aromatic carbocycles. The van der Waals surface area contributed by atoms with Crippen molar-refractivity contribution in [2.75, 3.05) is 6.61 Å². The highest BCUT2D eigenvalue weighted by Crippen LogP contribution is 2.28. The van der Waals surface area contributed by atoms with Crippen molar-refractivity contribution in [2.45, 2.75) is 6.92 Å². The van der Waals surface area contributed by atoms with Gasteiger partial charge in [0.25, 0.3) is 5.89 Å². The third-order valence-corrected chi connectivity index (χ3v) is 2.72. The number of nitrogens with zero attached hydrogens (tertiary/aromatic N) is 3. The number of oxazole rings is 2. The zero-order valence-electron chi connectivity index (χ0n) is 11.2. The molecule has 0 saturated carbocycles. The third kappa shape index (κ3) is 2.49. The van der Waals surface area contributed by atoms with E-state index >= 15 is 0 Å². The van der Waals surface area contributed by atoms with Crippen LogP contribution in [0.2, 0.25) is 0 Å². The molecule has 0 amide bonds. The summed E-state index contributed by atoms with van der Waals surface area (Å²) >= 11 is 0. The minimum Gasteiger partial charge on any atom is -0.463 e. The number of nitriles is 1. The minimum absolute atomic E-state index is 0.0936. The zero-order valence-corrected chi connectivity index (χ0v) is 11.2. The standard InChI is InChI=1S/C15H11N3O3/c1-2-19-15-11(8-16)17-14(21-15)12-9-20-13(18-12)10-6-4-3-5-7-10/h3-7,9H,2H2,1H3. The van der Waals surface area contributed by atoms with Crippen LogP contribution in [0, 0.1) is 11.3 Å². The van der Waals surface area contributed by atoms with Crippen LogP contribution >= 0.6 is 0 Å². The highest BCUT2D eigenvalue weighted by molar-refractivity contribution is 5.58. The van der Waals surface area contributed by atoms with Gasteiger partial charge in [-0.15, -0.1) is 0 Å². The molecular weight excluding hydrogens is 270 g/mol. The van der Waals surface area contributed by atoms with Gasteiger partial charge < -0.3 is 13.6 Å². The van der Waals surface area contributed by atoms with Crippen LogP contribution in [0.15, 0.2) is 45.4 Å². The fraction of sp³-hybridized carbons (Fsp3) is 0.133. The lowest BCUT2D eigenvalue weighted by molar-refractivity contribution is 0.259. The first-order chi connectivity index (χ1) is 10.3. The normalized spacial score (nSPS) is 10.3. The summed E-state index contributed by atoms with van der Waals surface area (Å²) < 4.78 is 16.0. The Hall–Kier alpha value is -3.07. The van der Waals surface area contributed by atoms with Gasteiger partial charge in [0.15, 0.2) is 5.69 Å². The second kappa shape index (κ2) is 5.51. The lowest BCUT2D eigenvalue weighted by Gasteiger charge is -1.94. The molecule has 0 aliphatic carbocycles. The van der Waals surface area contributed by atoms with E-state index in [9.17, 15) is 0 Å². The van der Waals surface area contributed by atoms with Crippen LogP contribution in [-0.4, -0.2) is 16.6 Å². The van der Waals surface area contributed by atoms with Crippen LogP contribution in [0.3, 0.4) is 0 Å². The second-order valence-electron chi connectivity index (χ2n) is 4.10. The van der Waals surface area contributed by atoms with Crippen LogP contribution in [0.25, 0.3) is 23.0 Å². The van der Waals surface area contributed by atoms with E-state index < -0.39 is 0 Å². The zero-order chi connectivity index (χ0) is 14.7. The molecule has 0 atom stereocenters. The van der Waals surface area contributed by atoms with Gasteiger partial charge in [0.1, 0.15) is 12.3 Å². The molecule has 0 aliphatic rings. The van der Waals surface area contributed by atoms with Gasteiger partial charge in [-0.1, -0.05) is 18.2 Å². The summed E-state index contributed by atoms with van der Waals surface area (Å²) in [5, 5.41) is 8.99. The molecule has 6 nitrogen and oxygen atoms in total. The van der Waals surface area contributed by atoms with Crippen molar-refractivity contribution in [2.24, 2.45) is 0 Å². The van der Waals surface area contributed by atoms with E-state index in [-0.39, 0.29) is 17.5 Å². The summed E-state index contributed by atoms with van der Waals surface area (Å²) in [4.78, 5) is 8.36. The van der Waals surface area contributed by atoms with Crippen LogP contribution in [0.1, 0.15) is 12.6 Å². The quantitative estimate of drug-likeness (QED) is 0.729. The van der Waals surface area contributed by atoms with E-state index in [0.717, 1.165) is 5.56 Å². The maximum absolute atomic E-state index is 8.99. The molecule has 0 bridgehead atoms. The predicted octanol–water partition coefficient (Wildman–Crippen LogP) is 3.27. The second-order valence-corrected chi connectivity index (χ2v) is 4.10. The SMILES string of the molecule is CCOc1oc(-c2coc(-c3ccccc3)n2)nc1C#N. The Morgan fingerprint density at radius 3 is 2.71 bits per heavy atom. The van der Waals surface area contributed by atoms with Gasteiger partial charge in [0.05, 0.1) is 6.61 Å². The smallest absolute Gasteiger partial charge is 0.324 e. The molecule has 0 spiro atoms. The number of benzene rings is 1. The Bertz CT molecular complexity index is 784. The summed E-state index contributed by atoms with van der Waals surface area (Å²) in [5.41, 5.74) is 1.35. The molecule has 0 aliphatic heterocycles. The molecule has 104 valence electrons. The number of rotatable bonds is 4. The van der Waals surface area contributed by atoms with Crippen LogP contribution in [-0.2, 0) is 0 Å². The minimum atomic E-state index is 0.0936. The monoisotopic (exact) mass is 281 g/mol. The maximum atomic E-state index is 8.99. The van der Waals surface area contributed by atoms with E-state index in [1.807, 2.05) is 36.4 Å². The van der Waals surface area contributed by atoms with Crippen molar-refractivity contribution < 1.29 is 13.6 Å². The van der Waals surface area contributed by atoms with Crippen LogP contribution in [0.5, 0.6) is 5.95 Å². The molecule has 2 heterocycles. The van der Waals surface area contributed by atoms with E-state index in [4.69, 9.17) is 18.8 Å².